The fraction of sp³-hybridized carbons (Fsp3) is 0.571. The number of aromatic nitrogens is 2. The number of nitro groups is 1. The van der Waals surface area contributed by atoms with E-state index >= 15 is 0 Å². The molecule has 0 atom stereocenters. The van der Waals surface area contributed by atoms with Crippen LogP contribution in [0.2, 0.25) is 0 Å². The molecule has 1 aromatic rings. The van der Waals surface area contributed by atoms with Gasteiger partial charge in [0, 0.05) is 0 Å². The van der Waals surface area contributed by atoms with E-state index in [9.17, 15) is 10.1 Å². The molecule has 0 aliphatic carbocycles. The summed E-state index contributed by atoms with van der Waals surface area (Å²) in [5.74, 6) is 0.393. The molecule has 0 fully saturated rings. The van der Waals surface area contributed by atoms with Crippen LogP contribution in [0, 0.1) is 16.0 Å². The van der Waals surface area contributed by atoms with Gasteiger partial charge in [0.25, 0.3) is 0 Å². The molecule has 1 heterocycles. The molecular formula is C7H11N3O2. The lowest BCUT2D eigenvalue weighted by molar-refractivity contribution is -0.385. The van der Waals surface area contributed by atoms with Crippen molar-refractivity contribution in [2.45, 2.75) is 20.3 Å². The Labute approximate surface area is 69.9 Å². The Morgan fingerprint density at radius 3 is 2.92 bits per heavy atom. The van der Waals surface area contributed by atoms with Gasteiger partial charge in [-0.05, 0) is 12.3 Å². The highest BCUT2D eigenvalue weighted by molar-refractivity contribution is 5.31. The molecule has 1 aromatic heterocycles. The maximum absolute atomic E-state index is 10.4. The molecular weight excluding hydrogens is 158 g/mol. The molecule has 0 saturated heterocycles. The van der Waals surface area contributed by atoms with E-state index in [1.165, 1.54) is 6.20 Å². The Morgan fingerprint density at radius 2 is 2.42 bits per heavy atom. The third-order valence-electron chi connectivity index (χ3n) is 1.50. The molecule has 0 saturated carbocycles. The van der Waals surface area contributed by atoms with Crippen LogP contribution in [0.3, 0.4) is 0 Å². The molecule has 0 aromatic carbocycles. The maximum atomic E-state index is 10.4. The van der Waals surface area contributed by atoms with Gasteiger partial charge in [-0.3, -0.25) is 15.2 Å². The third kappa shape index (κ3) is 1.81. The zero-order valence-electron chi connectivity index (χ0n) is 7.07. The summed E-state index contributed by atoms with van der Waals surface area (Å²) >= 11 is 0. The van der Waals surface area contributed by atoms with E-state index < -0.39 is 4.92 Å². The molecule has 0 radical (unpaired) electrons. The highest BCUT2D eigenvalue weighted by atomic mass is 16.6. The van der Waals surface area contributed by atoms with Crippen molar-refractivity contribution in [3.63, 3.8) is 0 Å². The van der Waals surface area contributed by atoms with E-state index in [-0.39, 0.29) is 5.69 Å². The minimum Gasteiger partial charge on any atom is -0.275 e. The predicted molar refractivity (Wildman–Crippen MR) is 43.8 cm³/mol. The van der Waals surface area contributed by atoms with E-state index in [1.807, 2.05) is 13.8 Å². The average molecular weight is 169 g/mol. The number of hydrogen-bond donors (Lipinski definition) is 1. The second-order valence-electron chi connectivity index (χ2n) is 3.09. The number of nitrogens with one attached hydrogen (secondary N) is 1. The van der Waals surface area contributed by atoms with Crippen LogP contribution in [0.1, 0.15) is 19.5 Å². The number of nitrogens with zero attached hydrogens (tertiary/aromatic N) is 2. The maximum Gasteiger partial charge on any atom is 0.309 e. The smallest absolute Gasteiger partial charge is 0.275 e. The molecule has 1 rings (SSSR count). The molecule has 5 nitrogen and oxygen atoms in total. The van der Waals surface area contributed by atoms with Crippen LogP contribution in [0.25, 0.3) is 0 Å². The first-order chi connectivity index (χ1) is 5.61. The molecule has 0 bridgehead atoms. The van der Waals surface area contributed by atoms with E-state index in [4.69, 9.17) is 0 Å². The first kappa shape index (κ1) is 8.70. The van der Waals surface area contributed by atoms with Gasteiger partial charge in [-0.2, -0.15) is 5.10 Å². The lowest BCUT2D eigenvalue weighted by Crippen LogP contribution is -1.98. The van der Waals surface area contributed by atoms with Crippen LogP contribution in [-0.2, 0) is 6.42 Å². The van der Waals surface area contributed by atoms with Gasteiger partial charge < -0.3 is 0 Å². The summed E-state index contributed by atoms with van der Waals surface area (Å²) < 4.78 is 0. The number of hydrogen-bond acceptors (Lipinski definition) is 3. The molecule has 66 valence electrons. The first-order valence-electron chi connectivity index (χ1n) is 3.78. The van der Waals surface area contributed by atoms with Gasteiger partial charge >= 0.3 is 5.69 Å². The standard InChI is InChI=1S/C7H11N3O2/c1-5(2)3-6-7(10(11)12)4-8-9-6/h4-5H,3H2,1-2H3,(H,8,9). The quantitative estimate of drug-likeness (QED) is 0.550. The van der Waals surface area contributed by atoms with E-state index in [0.29, 0.717) is 18.0 Å². The van der Waals surface area contributed by atoms with Crippen LogP contribution >= 0.6 is 0 Å². The highest BCUT2D eigenvalue weighted by Crippen LogP contribution is 2.17. The van der Waals surface area contributed by atoms with Crippen molar-refractivity contribution in [1.29, 1.82) is 0 Å². The minimum absolute atomic E-state index is 0.0868. The van der Waals surface area contributed by atoms with Crippen LogP contribution in [0.5, 0.6) is 0 Å². The van der Waals surface area contributed by atoms with Gasteiger partial charge in [0.1, 0.15) is 11.9 Å². The van der Waals surface area contributed by atoms with Gasteiger partial charge in [-0.25, -0.2) is 0 Å². The molecule has 0 aliphatic rings. The topological polar surface area (TPSA) is 71.8 Å². The summed E-state index contributed by atoms with van der Waals surface area (Å²) in [6.45, 7) is 4.01. The summed E-state index contributed by atoms with van der Waals surface area (Å²) in [5.41, 5.74) is 0.693. The fourth-order valence-corrected chi connectivity index (χ4v) is 1.02. The second-order valence-corrected chi connectivity index (χ2v) is 3.09. The van der Waals surface area contributed by atoms with Crippen molar-refractivity contribution >= 4 is 5.69 Å². The van der Waals surface area contributed by atoms with Gasteiger partial charge in [0.05, 0.1) is 4.92 Å². The van der Waals surface area contributed by atoms with E-state index in [2.05, 4.69) is 10.2 Å². The molecule has 0 aliphatic heterocycles. The summed E-state index contributed by atoms with van der Waals surface area (Å²) in [5, 5.41) is 16.7. The summed E-state index contributed by atoms with van der Waals surface area (Å²) in [4.78, 5) is 9.99. The molecule has 0 spiro atoms. The monoisotopic (exact) mass is 169 g/mol. The molecule has 0 amide bonds. The Hall–Kier alpha value is -1.39. The van der Waals surface area contributed by atoms with Crippen LogP contribution in [-0.4, -0.2) is 15.1 Å². The lowest BCUT2D eigenvalue weighted by Gasteiger charge is -1.99. The Balaban J connectivity index is 2.84. The third-order valence-corrected chi connectivity index (χ3v) is 1.50. The predicted octanol–water partition coefficient (Wildman–Crippen LogP) is 1.52. The van der Waals surface area contributed by atoms with Crippen molar-refractivity contribution in [3.05, 3.63) is 22.0 Å². The van der Waals surface area contributed by atoms with Crippen LogP contribution < -0.4 is 0 Å². The van der Waals surface area contributed by atoms with E-state index in [1.54, 1.807) is 0 Å². The highest BCUT2D eigenvalue weighted by Gasteiger charge is 2.16. The van der Waals surface area contributed by atoms with Crippen molar-refractivity contribution in [2.75, 3.05) is 0 Å². The zero-order valence-corrected chi connectivity index (χ0v) is 7.07. The number of rotatable bonds is 3. The number of H-pyrrole nitrogens is 1. The normalized spacial score (nSPS) is 10.6. The minimum atomic E-state index is -0.415. The van der Waals surface area contributed by atoms with Gasteiger partial charge in [-0.15, -0.1) is 0 Å². The molecule has 12 heavy (non-hydrogen) atoms. The summed E-state index contributed by atoms with van der Waals surface area (Å²) in [7, 11) is 0. The average Bonchev–Trinajstić information content (AvgIpc) is 2.33. The summed E-state index contributed by atoms with van der Waals surface area (Å²) in [6, 6.07) is 0. The molecule has 0 unspecified atom stereocenters. The first-order valence-corrected chi connectivity index (χ1v) is 3.78. The number of aromatic amines is 1. The lowest BCUT2D eigenvalue weighted by atomic mass is 10.1. The Kier molecular flexibility index (Phi) is 2.42. The SMILES string of the molecule is CC(C)Cc1[nH]ncc1[N+](=O)[O-]. The van der Waals surface area contributed by atoms with Gasteiger partial charge in [0.2, 0.25) is 0 Å². The molecule has 5 heteroatoms. The van der Waals surface area contributed by atoms with Crippen molar-refractivity contribution in [3.8, 4) is 0 Å². The second kappa shape index (κ2) is 3.34. The largest absolute Gasteiger partial charge is 0.309 e. The van der Waals surface area contributed by atoms with Crippen molar-refractivity contribution in [1.82, 2.24) is 10.2 Å². The zero-order chi connectivity index (χ0) is 9.14. The van der Waals surface area contributed by atoms with Crippen molar-refractivity contribution < 1.29 is 4.92 Å². The van der Waals surface area contributed by atoms with Crippen LogP contribution in [0.15, 0.2) is 6.20 Å². The van der Waals surface area contributed by atoms with E-state index in [0.717, 1.165) is 0 Å². The van der Waals surface area contributed by atoms with Crippen LogP contribution in [0.4, 0.5) is 5.69 Å². The van der Waals surface area contributed by atoms with Gasteiger partial charge in [0.15, 0.2) is 0 Å². The Bertz CT molecular complexity index is 280. The fourth-order valence-electron chi connectivity index (χ4n) is 1.02. The Morgan fingerprint density at radius 1 is 1.75 bits per heavy atom. The van der Waals surface area contributed by atoms with Crippen molar-refractivity contribution in [2.24, 2.45) is 5.92 Å². The molecule has 1 N–H and O–H groups in total. The summed E-state index contributed by atoms with van der Waals surface area (Å²) in [6.07, 6.45) is 1.91. The van der Waals surface area contributed by atoms with Gasteiger partial charge in [-0.1, -0.05) is 13.8 Å².